The van der Waals surface area contributed by atoms with Gasteiger partial charge in [-0.25, -0.2) is 0 Å². The van der Waals surface area contributed by atoms with E-state index in [1.54, 1.807) is 6.08 Å². The van der Waals surface area contributed by atoms with Crippen molar-refractivity contribution in [2.45, 2.75) is 12.1 Å². The Morgan fingerprint density at radius 1 is 1.62 bits per heavy atom. The second kappa shape index (κ2) is 2.81. The number of aliphatic hydroxyl groups is 1. The first-order chi connectivity index (χ1) is 3.62. The Morgan fingerprint density at radius 2 is 2.12 bits per heavy atom. The van der Waals surface area contributed by atoms with Crippen molar-refractivity contribution < 1.29 is 5.11 Å². The highest BCUT2D eigenvalue weighted by atomic mass is 16.3. The van der Waals surface area contributed by atoms with E-state index in [0.717, 1.165) is 0 Å². The van der Waals surface area contributed by atoms with Crippen LogP contribution in [0.3, 0.4) is 0 Å². The Balaban J connectivity index is 3.53. The molecule has 0 aliphatic carbocycles. The van der Waals surface area contributed by atoms with Crippen LogP contribution in [0.2, 0.25) is 0 Å². The van der Waals surface area contributed by atoms with E-state index < -0.39 is 5.66 Å². The predicted octanol–water partition coefficient (Wildman–Crippen LogP) is -0.831. The summed E-state index contributed by atoms with van der Waals surface area (Å²) in [7, 11) is 0. The van der Waals surface area contributed by atoms with Crippen molar-refractivity contribution in [2.75, 3.05) is 6.61 Å². The third kappa shape index (κ3) is 2.74. The highest BCUT2D eigenvalue weighted by Crippen LogP contribution is 1.94. The Labute approximate surface area is 49.0 Å². The van der Waals surface area contributed by atoms with Gasteiger partial charge < -0.3 is 16.6 Å². The number of nitrogens with two attached hydrogens (primary N) is 2. The van der Waals surface area contributed by atoms with Crippen molar-refractivity contribution in [1.29, 1.82) is 0 Å². The minimum absolute atomic E-state index is 0.209. The quantitative estimate of drug-likeness (QED) is 0.333. The molecule has 0 rings (SSSR count). The van der Waals surface area contributed by atoms with Crippen molar-refractivity contribution in [3.8, 4) is 0 Å². The van der Waals surface area contributed by atoms with E-state index in [9.17, 15) is 0 Å². The summed E-state index contributed by atoms with van der Waals surface area (Å²) in [5.41, 5.74) is 9.60. The zero-order chi connectivity index (χ0) is 6.62. The molecule has 0 saturated heterocycles. The van der Waals surface area contributed by atoms with E-state index in [0.29, 0.717) is 6.42 Å². The molecule has 3 heteroatoms. The molecule has 0 spiro atoms. The number of hydrogen-bond donors (Lipinski definition) is 3. The van der Waals surface area contributed by atoms with Crippen LogP contribution in [0.4, 0.5) is 0 Å². The van der Waals surface area contributed by atoms with E-state index in [1.165, 1.54) is 0 Å². The molecule has 3 nitrogen and oxygen atoms in total. The second-order valence-electron chi connectivity index (χ2n) is 1.88. The van der Waals surface area contributed by atoms with Crippen LogP contribution >= 0.6 is 0 Å². The molecule has 5 N–H and O–H groups in total. The van der Waals surface area contributed by atoms with Crippen LogP contribution in [-0.2, 0) is 0 Å². The molecule has 0 heterocycles. The molecule has 0 amide bonds. The summed E-state index contributed by atoms with van der Waals surface area (Å²) < 4.78 is 0. The molecule has 0 unspecified atom stereocenters. The van der Waals surface area contributed by atoms with Crippen LogP contribution in [0.1, 0.15) is 6.42 Å². The second-order valence-corrected chi connectivity index (χ2v) is 1.88. The lowest BCUT2D eigenvalue weighted by molar-refractivity contribution is 0.201. The van der Waals surface area contributed by atoms with Gasteiger partial charge in [0.2, 0.25) is 0 Å². The van der Waals surface area contributed by atoms with Gasteiger partial charge in [-0.1, -0.05) is 6.08 Å². The molecular weight excluding hydrogens is 104 g/mol. The molecule has 0 aromatic rings. The van der Waals surface area contributed by atoms with Crippen LogP contribution in [0, 0.1) is 0 Å². The van der Waals surface area contributed by atoms with Crippen molar-refractivity contribution in [1.82, 2.24) is 0 Å². The third-order valence-electron chi connectivity index (χ3n) is 0.819. The van der Waals surface area contributed by atoms with Crippen LogP contribution in [0.15, 0.2) is 12.7 Å². The molecule has 8 heavy (non-hydrogen) atoms. The summed E-state index contributed by atoms with van der Waals surface area (Å²) in [5.74, 6) is 0. The van der Waals surface area contributed by atoms with Gasteiger partial charge in [0.15, 0.2) is 0 Å². The number of rotatable bonds is 3. The Bertz CT molecular complexity index is 80.5. The summed E-state index contributed by atoms with van der Waals surface area (Å²) in [6.45, 7) is 3.21. The lowest BCUT2D eigenvalue weighted by Crippen LogP contribution is -2.52. The first kappa shape index (κ1) is 7.62. The predicted molar refractivity (Wildman–Crippen MR) is 33.0 cm³/mol. The van der Waals surface area contributed by atoms with Gasteiger partial charge in [0, 0.05) is 0 Å². The summed E-state index contributed by atoms with van der Waals surface area (Å²) in [4.78, 5) is 0. The average Bonchev–Trinajstić information content (AvgIpc) is 1.67. The third-order valence-corrected chi connectivity index (χ3v) is 0.819. The normalized spacial score (nSPS) is 11.4. The standard InChI is InChI=1S/C5H12N2O/c1-2-3-5(6,7)4-8/h2,8H,1,3-4,6-7H2. The summed E-state index contributed by atoms with van der Waals surface area (Å²) in [5, 5.41) is 8.43. The minimum Gasteiger partial charge on any atom is -0.393 e. The van der Waals surface area contributed by atoms with E-state index in [4.69, 9.17) is 16.6 Å². The fraction of sp³-hybridized carbons (Fsp3) is 0.600. The smallest absolute Gasteiger partial charge is 0.0909 e. The number of aliphatic hydroxyl groups excluding tert-OH is 1. The molecule has 0 radical (unpaired) electrons. The van der Waals surface area contributed by atoms with E-state index in [-0.39, 0.29) is 6.61 Å². The minimum atomic E-state index is -0.970. The van der Waals surface area contributed by atoms with Gasteiger partial charge in [0.25, 0.3) is 0 Å². The van der Waals surface area contributed by atoms with Crippen molar-refractivity contribution in [2.24, 2.45) is 11.5 Å². The van der Waals surface area contributed by atoms with Crippen LogP contribution in [0.25, 0.3) is 0 Å². The summed E-state index contributed by atoms with van der Waals surface area (Å²) in [6, 6.07) is 0. The van der Waals surface area contributed by atoms with E-state index in [2.05, 4.69) is 6.58 Å². The molecule has 0 aromatic carbocycles. The highest BCUT2D eigenvalue weighted by molar-refractivity contribution is 4.84. The largest absolute Gasteiger partial charge is 0.393 e. The molecule has 0 aromatic heterocycles. The first-order valence-corrected chi connectivity index (χ1v) is 2.42. The molecule has 48 valence electrons. The molecule has 0 bridgehead atoms. The lowest BCUT2D eigenvalue weighted by atomic mass is 10.1. The number of hydrogen-bond acceptors (Lipinski definition) is 3. The van der Waals surface area contributed by atoms with Crippen LogP contribution in [0.5, 0.6) is 0 Å². The Morgan fingerprint density at radius 3 is 2.25 bits per heavy atom. The lowest BCUT2D eigenvalue weighted by Gasteiger charge is -2.18. The van der Waals surface area contributed by atoms with E-state index >= 15 is 0 Å². The highest BCUT2D eigenvalue weighted by Gasteiger charge is 2.13. The Hall–Kier alpha value is -0.380. The molecule has 0 saturated carbocycles. The maximum Gasteiger partial charge on any atom is 0.0909 e. The van der Waals surface area contributed by atoms with Crippen LogP contribution < -0.4 is 11.5 Å². The monoisotopic (exact) mass is 116 g/mol. The fourth-order valence-corrected chi connectivity index (χ4v) is 0.333. The molecule has 0 atom stereocenters. The molecule has 0 fully saturated rings. The topological polar surface area (TPSA) is 72.3 Å². The van der Waals surface area contributed by atoms with Gasteiger partial charge in [-0.05, 0) is 6.42 Å². The Kier molecular flexibility index (Phi) is 2.68. The van der Waals surface area contributed by atoms with E-state index in [1.807, 2.05) is 0 Å². The van der Waals surface area contributed by atoms with Gasteiger partial charge >= 0.3 is 0 Å². The summed E-state index contributed by atoms with van der Waals surface area (Å²) >= 11 is 0. The molecule has 0 aliphatic rings. The maximum absolute atomic E-state index is 8.43. The molecule has 0 aliphatic heterocycles. The maximum atomic E-state index is 8.43. The van der Waals surface area contributed by atoms with Gasteiger partial charge in [0.1, 0.15) is 0 Å². The fourth-order valence-electron chi connectivity index (χ4n) is 0.333. The average molecular weight is 116 g/mol. The molecular formula is C5H12N2O. The van der Waals surface area contributed by atoms with Crippen molar-refractivity contribution >= 4 is 0 Å². The first-order valence-electron chi connectivity index (χ1n) is 2.42. The van der Waals surface area contributed by atoms with Crippen LogP contribution in [-0.4, -0.2) is 17.4 Å². The van der Waals surface area contributed by atoms with Gasteiger partial charge in [0.05, 0.1) is 12.3 Å². The van der Waals surface area contributed by atoms with Crippen molar-refractivity contribution in [3.63, 3.8) is 0 Å². The zero-order valence-electron chi connectivity index (χ0n) is 4.80. The SMILES string of the molecule is C=CCC(N)(N)CO. The van der Waals surface area contributed by atoms with Gasteiger partial charge in [-0.15, -0.1) is 6.58 Å². The van der Waals surface area contributed by atoms with Gasteiger partial charge in [-0.3, -0.25) is 0 Å². The van der Waals surface area contributed by atoms with Gasteiger partial charge in [-0.2, -0.15) is 0 Å². The summed E-state index contributed by atoms with van der Waals surface area (Å²) in [6.07, 6.45) is 2.01. The zero-order valence-corrected chi connectivity index (χ0v) is 4.80. The van der Waals surface area contributed by atoms with Crippen molar-refractivity contribution in [3.05, 3.63) is 12.7 Å².